The van der Waals surface area contributed by atoms with E-state index in [9.17, 15) is 4.79 Å². The highest BCUT2D eigenvalue weighted by Gasteiger charge is 2.08. The maximum Gasteiger partial charge on any atom is 0.262 e. The maximum absolute atomic E-state index is 12.0. The zero-order valence-corrected chi connectivity index (χ0v) is 17.3. The lowest BCUT2D eigenvalue weighted by Gasteiger charge is -2.11. The van der Waals surface area contributed by atoms with Gasteiger partial charge in [0, 0.05) is 22.9 Å². The van der Waals surface area contributed by atoms with Crippen LogP contribution in [0.2, 0.25) is 10.0 Å². The Hall–Kier alpha value is -2.89. The summed E-state index contributed by atoms with van der Waals surface area (Å²) in [7, 11) is 1.63. The van der Waals surface area contributed by atoms with E-state index in [1.807, 2.05) is 36.4 Å². The van der Waals surface area contributed by atoms with Crippen molar-refractivity contribution in [3.63, 3.8) is 0 Å². The highest BCUT2D eigenvalue weighted by atomic mass is 35.5. The van der Waals surface area contributed by atoms with Crippen LogP contribution in [0.3, 0.4) is 0 Å². The van der Waals surface area contributed by atoms with Gasteiger partial charge in [-0.2, -0.15) is 0 Å². The van der Waals surface area contributed by atoms with Crippen LogP contribution < -0.4 is 20.1 Å². The lowest BCUT2D eigenvalue weighted by molar-refractivity contribution is -0.118. The summed E-state index contributed by atoms with van der Waals surface area (Å²) in [5, 5.41) is 7.09. The molecule has 150 valence electrons. The minimum absolute atomic E-state index is 0.147. The average Bonchev–Trinajstić information content (AvgIpc) is 2.73. The largest absolute Gasteiger partial charge is 0.497 e. The fourth-order valence-corrected chi connectivity index (χ4v) is 2.94. The number of carbonyl (C=O) groups excluding carboxylic acids is 1. The van der Waals surface area contributed by atoms with Crippen LogP contribution in [0.1, 0.15) is 5.56 Å². The van der Waals surface area contributed by atoms with Crippen molar-refractivity contribution in [1.29, 1.82) is 0 Å². The third-order valence-electron chi connectivity index (χ3n) is 4.07. The Morgan fingerprint density at radius 2 is 1.62 bits per heavy atom. The predicted octanol–water partition coefficient (Wildman–Crippen LogP) is 5.63. The van der Waals surface area contributed by atoms with Crippen LogP contribution in [0.25, 0.3) is 0 Å². The molecule has 0 aliphatic rings. The fourth-order valence-electron chi connectivity index (χ4n) is 2.56. The third-order valence-corrected chi connectivity index (χ3v) is 4.62. The zero-order chi connectivity index (χ0) is 20.6. The van der Waals surface area contributed by atoms with Crippen molar-refractivity contribution in [2.24, 2.45) is 0 Å². The summed E-state index contributed by atoms with van der Waals surface area (Å²) in [6, 6.07) is 20.0. The number of anilines is 2. The van der Waals surface area contributed by atoms with Gasteiger partial charge in [0.05, 0.1) is 12.1 Å². The van der Waals surface area contributed by atoms with Crippen molar-refractivity contribution in [3.05, 3.63) is 82.3 Å². The number of halogens is 2. The third kappa shape index (κ3) is 6.31. The highest BCUT2D eigenvalue weighted by molar-refractivity contribution is 6.32. The molecule has 0 atom stereocenters. The molecule has 2 N–H and O–H groups in total. The van der Waals surface area contributed by atoms with Gasteiger partial charge in [-0.3, -0.25) is 4.79 Å². The number of benzene rings is 3. The number of amides is 1. The van der Waals surface area contributed by atoms with Crippen molar-refractivity contribution in [3.8, 4) is 11.5 Å². The SMILES string of the molecule is COc1ccc(NCc2ccc(OCC(=O)Nc3ccc(Cl)cc3)c(Cl)c2)cc1. The number of nitrogens with one attached hydrogen (secondary N) is 2. The van der Waals surface area contributed by atoms with Crippen LogP contribution in [0.4, 0.5) is 11.4 Å². The van der Waals surface area contributed by atoms with Gasteiger partial charge in [-0.15, -0.1) is 0 Å². The van der Waals surface area contributed by atoms with Crippen molar-refractivity contribution in [2.45, 2.75) is 6.54 Å². The Balaban J connectivity index is 1.50. The minimum Gasteiger partial charge on any atom is -0.497 e. The van der Waals surface area contributed by atoms with Crippen LogP contribution in [0, 0.1) is 0 Å². The molecule has 3 rings (SSSR count). The number of hydrogen-bond acceptors (Lipinski definition) is 4. The molecule has 0 aromatic heterocycles. The first-order valence-electron chi connectivity index (χ1n) is 8.88. The van der Waals surface area contributed by atoms with Gasteiger partial charge in [-0.25, -0.2) is 0 Å². The van der Waals surface area contributed by atoms with Crippen molar-refractivity contribution in [1.82, 2.24) is 0 Å². The van der Waals surface area contributed by atoms with Gasteiger partial charge in [0.2, 0.25) is 0 Å². The molecule has 7 heteroatoms. The second kappa shape index (κ2) is 10.0. The number of hydrogen-bond donors (Lipinski definition) is 2. The molecule has 0 radical (unpaired) electrons. The van der Waals surface area contributed by atoms with Gasteiger partial charge in [0.25, 0.3) is 5.91 Å². The smallest absolute Gasteiger partial charge is 0.262 e. The van der Waals surface area contributed by atoms with Crippen LogP contribution in [-0.2, 0) is 11.3 Å². The van der Waals surface area contributed by atoms with Crippen LogP contribution >= 0.6 is 23.2 Å². The molecule has 0 bridgehead atoms. The summed E-state index contributed by atoms with van der Waals surface area (Å²) in [5.74, 6) is 0.972. The molecule has 3 aromatic carbocycles. The summed E-state index contributed by atoms with van der Waals surface area (Å²) >= 11 is 12.1. The van der Waals surface area contributed by atoms with E-state index < -0.39 is 0 Å². The second-order valence-corrected chi connectivity index (χ2v) is 7.03. The van der Waals surface area contributed by atoms with Crippen LogP contribution in [-0.4, -0.2) is 19.6 Å². The first kappa shape index (κ1) is 20.8. The quantitative estimate of drug-likeness (QED) is 0.485. The van der Waals surface area contributed by atoms with E-state index in [4.69, 9.17) is 32.7 Å². The molecule has 29 heavy (non-hydrogen) atoms. The first-order chi connectivity index (χ1) is 14.0. The molecule has 3 aromatic rings. The summed E-state index contributed by atoms with van der Waals surface area (Å²) in [4.78, 5) is 12.0. The predicted molar refractivity (Wildman–Crippen MR) is 117 cm³/mol. The number of ether oxygens (including phenoxy) is 2. The van der Waals surface area contributed by atoms with E-state index in [1.165, 1.54) is 0 Å². The van der Waals surface area contributed by atoms with Crippen LogP contribution in [0.15, 0.2) is 66.7 Å². The summed E-state index contributed by atoms with van der Waals surface area (Å²) in [6.45, 7) is 0.454. The lowest BCUT2D eigenvalue weighted by Crippen LogP contribution is -2.20. The van der Waals surface area contributed by atoms with Gasteiger partial charge in [-0.1, -0.05) is 29.3 Å². The maximum atomic E-state index is 12.0. The standard InChI is InChI=1S/C22H20Cl2N2O3/c1-28-19-9-7-17(8-10-19)25-13-15-2-11-21(20(24)12-15)29-14-22(27)26-18-5-3-16(23)4-6-18/h2-12,25H,13-14H2,1H3,(H,26,27). The van der Waals surface area contributed by atoms with Gasteiger partial charge in [0.15, 0.2) is 6.61 Å². The molecular weight excluding hydrogens is 411 g/mol. The van der Waals surface area contributed by atoms with E-state index in [0.29, 0.717) is 28.0 Å². The molecule has 5 nitrogen and oxygen atoms in total. The topological polar surface area (TPSA) is 59.6 Å². The van der Waals surface area contributed by atoms with Crippen molar-refractivity contribution < 1.29 is 14.3 Å². The Morgan fingerprint density at radius 1 is 0.931 bits per heavy atom. The molecule has 0 saturated heterocycles. The molecule has 0 aliphatic carbocycles. The molecule has 0 spiro atoms. The summed E-state index contributed by atoms with van der Waals surface area (Å²) in [6.07, 6.45) is 0. The average molecular weight is 431 g/mol. The van der Waals surface area contributed by atoms with Crippen molar-refractivity contribution in [2.75, 3.05) is 24.4 Å². The molecular formula is C22H20Cl2N2O3. The van der Waals surface area contributed by atoms with Gasteiger partial charge < -0.3 is 20.1 Å². The first-order valence-corrected chi connectivity index (χ1v) is 9.63. The van der Waals surface area contributed by atoms with Gasteiger partial charge in [0.1, 0.15) is 11.5 Å². The Labute approximate surface area is 179 Å². The number of methoxy groups -OCH3 is 1. The second-order valence-electron chi connectivity index (χ2n) is 6.19. The number of carbonyl (C=O) groups is 1. The van der Waals surface area contributed by atoms with Gasteiger partial charge >= 0.3 is 0 Å². The molecule has 1 amide bonds. The Kier molecular flexibility index (Phi) is 7.22. The molecule has 0 saturated carbocycles. The van der Waals surface area contributed by atoms with Crippen LogP contribution in [0.5, 0.6) is 11.5 Å². The molecule has 0 aliphatic heterocycles. The molecule has 0 heterocycles. The van der Waals surface area contributed by atoms with Crippen molar-refractivity contribution >= 4 is 40.5 Å². The van der Waals surface area contributed by atoms with E-state index in [2.05, 4.69) is 10.6 Å². The minimum atomic E-state index is -0.284. The highest BCUT2D eigenvalue weighted by Crippen LogP contribution is 2.26. The van der Waals surface area contributed by atoms with E-state index in [0.717, 1.165) is 17.0 Å². The normalized spacial score (nSPS) is 10.3. The van der Waals surface area contributed by atoms with E-state index in [-0.39, 0.29) is 12.5 Å². The van der Waals surface area contributed by atoms with E-state index in [1.54, 1.807) is 37.4 Å². The lowest BCUT2D eigenvalue weighted by atomic mass is 10.2. The molecule has 0 fully saturated rings. The Morgan fingerprint density at radius 3 is 2.28 bits per heavy atom. The fraction of sp³-hybridized carbons (Fsp3) is 0.136. The summed E-state index contributed by atoms with van der Waals surface area (Å²) in [5.41, 5.74) is 2.61. The monoisotopic (exact) mass is 430 g/mol. The Bertz CT molecular complexity index is 961. The number of rotatable bonds is 8. The zero-order valence-electron chi connectivity index (χ0n) is 15.7. The van der Waals surface area contributed by atoms with Gasteiger partial charge in [-0.05, 0) is 66.2 Å². The molecule has 0 unspecified atom stereocenters. The summed E-state index contributed by atoms with van der Waals surface area (Å²) < 4.78 is 10.7. The van der Waals surface area contributed by atoms with E-state index >= 15 is 0 Å².